The number of carbonyl (C=O) groups excluding carboxylic acids is 3. The molecule has 2 rings (SSSR count). The Hall–Kier alpha value is -2.41. The summed E-state index contributed by atoms with van der Waals surface area (Å²) in [6, 6.07) is 6.87. The third-order valence-corrected chi connectivity index (χ3v) is 4.21. The molecule has 0 aromatic heterocycles. The lowest BCUT2D eigenvalue weighted by Gasteiger charge is -2.28. The molecule has 136 valence electrons. The smallest absolute Gasteiger partial charge is 0.243 e. The maximum Gasteiger partial charge on any atom is 0.243 e. The van der Waals surface area contributed by atoms with Crippen molar-refractivity contribution >= 4 is 29.1 Å². The first kappa shape index (κ1) is 18.9. The van der Waals surface area contributed by atoms with Gasteiger partial charge in [-0.2, -0.15) is 0 Å². The number of carbonyl (C=O) groups is 3. The quantitative estimate of drug-likeness (QED) is 0.727. The van der Waals surface area contributed by atoms with Crippen molar-refractivity contribution in [1.82, 2.24) is 10.2 Å². The van der Waals surface area contributed by atoms with E-state index >= 15 is 0 Å². The zero-order chi connectivity index (χ0) is 18.2. The van der Waals surface area contributed by atoms with E-state index in [1.54, 1.807) is 29.2 Å². The first-order chi connectivity index (χ1) is 12.0. The molecule has 1 aromatic carbocycles. The molecule has 0 saturated carbocycles. The topological polar surface area (TPSA) is 90.5 Å². The summed E-state index contributed by atoms with van der Waals surface area (Å²) >= 11 is 0. The fraction of sp³-hybridized carbons (Fsp3) is 0.500. The molecule has 1 heterocycles. The molecule has 3 amide bonds. The van der Waals surface area contributed by atoms with E-state index in [9.17, 15) is 14.4 Å². The average Bonchev–Trinajstić information content (AvgIpc) is 2.61. The molecule has 0 aliphatic carbocycles. The normalized spacial score (nSPS) is 14.6. The van der Waals surface area contributed by atoms with Crippen LogP contribution in [0.25, 0.3) is 0 Å². The Labute approximate surface area is 148 Å². The standard InChI is InChI=1S/C18H26N4O3/c1-3-22(18(25)14-8-10-19-11-9-14)12-17(24)21-16-6-4-15(5-7-16)20-13(2)23/h4-7,14,19H,3,8-12H2,1-2H3,(H,20,23)(H,21,24). The van der Waals surface area contributed by atoms with Crippen LogP contribution in [-0.2, 0) is 14.4 Å². The predicted octanol–water partition coefficient (Wildman–Crippen LogP) is 1.43. The Morgan fingerprint density at radius 3 is 2.16 bits per heavy atom. The summed E-state index contributed by atoms with van der Waals surface area (Å²) in [5.41, 5.74) is 1.30. The highest BCUT2D eigenvalue weighted by Gasteiger charge is 2.26. The van der Waals surface area contributed by atoms with Gasteiger partial charge in [0.2, 0.25) is 17.7 Å². The maximum atomic E-state index is 12.5. The molecular weight excluding hydrogens is 320 g/mol. The summed E-state index contributed by atoms with van der Waals surface area (Å²) in [5.74, 6) is -0.311. The number of amides is 3. The van der Waals surface area contributed by atoms with E-state index in [0.29, 0.717) is 17.9 Å². The molecule has 1 aliphatic rings. The van der Waals surface area contributed by atoms with Crippen molar-refractivity contribution in [3.05, 3.63) is 24.3 Å². The van der Waals surface area contributed by atoms with Crippen molar-refractivity contribution in [3.8, 4) is 0 Å². The van der Waals surface area contributed by atoms with Crippen LogP contribution in [-0.4, -0.2) is 48.8 Å². The fourth-order valence-electron chi connectivity index (χ4n) is 2.89. The lowest BCUT2D eigenvalue weighted by atomic mass is 9.96. The molecular formula is C18H26N4O3. The predicted molar refractivity (Wildman–Crippen MR) is 97.2 cm³/mol. The van der Waals surface area contributed by atoms with Gasteiger partial charge in [0.05, 0.1) is 6.54 Å². The van der Waals surface area contributed by atoms with Gasteiger partial charge in [-0.25, -0.2) is 0 Å². The fourth-order valence-corrected chi connectivity index (χ4v) is 2.89. The Kier molecular flexibility index (Phi) is 6.94. The van der Waals surface area contributed by atoms with Gasteiger partial charge in [0.1, 0.15) is 0 Å². The highest BCUT2D eigenvalue weighted by molar-refractivity contribution is 5.95. The van der Waals surface area contributed by atoms with E-state index in [0.717, 1.165) is 25.9 Å². The molecule has 0 bridgehead atoms. The first-order valence-electron chi connectivity index (χ1n) is 8.66. The Bertz CT molecular complexity index is 609. The number of anilines is 2. The van der Waals surface area contributed by atoms with Crippen LogP contribution in [0, 0.1) is 5.92 Å². The van der Waals surface area contributed by atoms with Gasteiger partial charge < -0.3 is 20.9 Å². The van der Waals surface area contributed by atoms with Crippen molar-refractivity contribution in [2.24, 2.45) is 5.92 Å². The van der Waals surface area contributed by atoms with Crippen LogP contribution >= 0.6 is 0 Å². The van der Waals surface area contributed by atoms with Crippen molar-refractivity contribution < 1.29 is 14.4 Å². The second-order valence-electron chi connectivity index (χ2n) is 6.18. The van der Waals surface area contributed by atoms with E-state index < -0.39 is 0 Å². The van der Waals surface area contributed by atoms with Crippen LogP contribution in [0.2, 0.25) is 0 Å². The van der Waals surface area contributed by atoms with E-state index in [1.807, 2.05) is 6.92 Å². The summed E-state index contributed by atoms with van der Waals surface area (Å²) in [6.45, 7) is 5.58. The molecule has 0 spiro atoms. The summed E-state index contributed by atoms with van der Waals surface area (Å²) in [7, 11) is 0. The minimum absolute atomic E-state index is 0.00550. The third-order valence-electron chi connectivity index (χ3n) is 4.21. The van der Waals surface area contributed by atoms with Gasteiger partial charge in [-0.15, -0.1) is 0 Å². The second kappa shape index (κ2) is 9.17. The van der Waals surface area contributed by atoms with Gasteiger partial charge in [-0.3, -0.25) is 14.4 Å². The molecule has 7 heteroatoms. The molecule has 25 heavy (non-hydrogen) atoms. The minimum atomic E-state index is -0.226. The molecule has 0 radical (unpaired) electrons. The average molecular weight is 346 g/mol. The molecule has 3 N–H and O–H groups in total. The van der Waals surface area contributed by atoms with Crippen LogP contribution in [0.4, 0.5) is 11.4 Å². The molecule has 0 atom stereocenters. The highest BCUT2D eigenvalue weighted by Crippen LogP contribution is 2.16. The summed E-state index contributed by atoms with van der Waals surface area (Å²) in [5, 5.41) is 8.70. The van der Waals surface area contributed by atoms with Gasteiger partial charge in [0.25, 0.3) is 0 Å². The van der Waals surface area contributed by atoms with Crippen molar-refractivity contribution in [1.29, 1.82) is 0 Å². The van der Waals surface area contributed by atoms with Crippen LogP contribution in [0.1, 0.15) is 26.7 Å². The molecule has 0 unspecified atom stereocenters. The van der Waals surface area contributed by atoms with Gasteiger partial charge in [0, 0.05) is 30.8 Å². The van der Waals surface area contributed by atoms with E-state index in [2.05, 4.69) is 16.0 Å². The Balaban J connectivity index is 1.88. The Morgan fingerprint density at radius 1 is 1.08 bits per heavy atom. The van der Waals surface area contributed by atoms with E-state index in [4.69, 9.17) is 0 Å². The second-order valence-corrected chi connectivity index (χ2v) is 6.18. The number of nitrogens with one attached hydrogen (secondary N) is 3. The lowest BCUT2D eigenvalue weighted by Crippen LogP contribution is -2.44. The number of hydrogen-bond donors (Lipinski definition) is 3. The number of rotatable bonds is 6. The monoisotopic (exact) mass is 346 g/mol. The molecule has 1 saturated heterocycles. The molecule has 1 aromatic rings. The van der Waals surface area contributed by atoms with Crippen LogP contribution < -0.4 is 16.0 Å². The number of hydrogen-bond acceptors (Lipinski definition) is 4. The van der Waals surface area contributed by atoms with Gasteiger partial charge in [0.15, 0.2) is 0 Å². The van der Waals surface area contributed by atoms with E-state index in [-0.39, 0.29) is 30.2 Å². The summed E-state index contributed by atoms with van der Waals surface area (Å²) in [6.07, 6.45) is 1.64. The van der Waals surface area contributed by atoms with Gasteiger partial charge in [-0.1, -0.05) is 0 Å². The maximum absolute atomic E-state index is 12.5. The largest absolute Gasteiger partial charge is 0.333 e. The molecule has 1 aliphatic heterocycles. The van der Waals surface area contributed by atoms with Crippen molar-refractivity contribution in [2.45, 2.75) is 26.7 Å². The number of piperidine rings is 1. The third kappa shape index (κ3) is 5.86. The molecule has 1 fully saturated rings. The van der Waals surface area contributed by atoms with E-state index in [1.165, 1.54) is 6.92 Å². The first-order valence-corrected chi connectivity index (χ1v) is 8.66. The SMILES string of the molecule is CCN(CC(=O)Nc1ccc(NC(C)=O)cc1)C(=O)C1CCNCC1. The van der Waals surface area contributed by atoms with Gasteiger partial charge in [-0.05, 0) is 57.1 Å². The minimum Gasteiger partial charge on any atom is -0.333 e. The summed E-state index contributed by atoms with van der Waals surface area (Å²) < 4.78 is 0. The number of benzene rings is 1. The lowest BCUT2D eigenvalue weighted by molar-refractivity contribution is -0.138. The Morgan fingerprint density at radius 2 is 1.64 bits per heavy atom. The zero-order valence-corrected chi connectivity index (χ0v) is 14.8. The summed E-state index contributed by atoms with van der Waals surface area (Å²) in [4.78, 5) is 37.4. The number of likely N-dealkylation sites (N-methyl/N-ethyl adjacent to an activating group) is 1. The van der Waals surface area contributed by atoms with Crippen LogP contribution in [0.5, 0.6) is 0 Å². The zero-order valence-electron chi connectivity index (χ0n) is 14.8. The highest BCUT2D eigenvalue weighted by atomic mass is 16.2. The van der Waals surface area contributed by atoms with Crippen molar-refractivity contribution in [3.63, 3.8) is 0 Å². The van der Waals surface area contributed by atoms with Crippen LogP contribution in [0.3, 0.4) is 0 Å². The van der Waals surface area contributed by atoms with Crippen molar-refractivity contribution in [2.75, 3.05) is 36.8 Å². The number of nitrogens with zero attached hydrogens (tertiary/aromatic N) is 1. The van der Waals surface area contributed by atoms with Gasteiger partial charge >= 0.3 is 0 Å². The molecule has 7 nitrogen and oxygen atoms in total. The van der Waals surface area contributed by atoms with Crippen LogP contribution in [0.15, 0.2) is 24.3 Å².